The van der Waals surface area contributed by atoms with Crippen LogP contribution in [0.25, 0.3) is 0 Å². The van der Waals surface area contributed by atoms with Gasteiger partial charge < -0.3 is 5.73 Å². The standard InChI is InChI=1S/C14H22F2N2S/c1-10(6-7-19-3)18(2)14(9-17)11-4-5-12(15)13(16)8-11/h4-5,8,10,14H,6-7,9,17H2,1-3H3. The van der Waals surface area contributed by atoms with Gasteiger partial charge in [-0.25, -0.2) is 8.78 Å². The van der Waals surface area contributed by atoms with Gasteiger partial charge in [-0.3, -0.25) is 4.90 Å². The molecular formula is C14H22F2N2S. The van der Waals surface area contributed by atoms with E-state index in [9.17, 15) is 8.78 Å². The molecule has 0 fully saturated rings. The molecule has 0 aromatic heterocycles. The van der Waals surface area contributed by atoms with Gasteiger partial charge in [-0.15, -0.1) is 0 Å². The Hall–Kier alpha value is -0.650. The fraction of sp³-hybridized carbons (Fsp3) is 0.571. The van der Waals surface area contributed by atoms with Crippen LogP contribution in [0.2, 0.25) is 0 Å². The number of halogens is 2. The molecule has 0 aliphatic carbocycles. The minimum atomic E-state index is -0.822. The Balaban J connectivity index is 2.83. The Morgan fingerprint density at radius 1 is 1.32 bits per heavy atom. The molecule has 1 aromatic rings. The van der Waals surface area contributed by atoms with E-state index in [0.29, 0.717) is 12.6 Å². The largest absolute Gasteiger partial charge is 0.329 e. The molecule has 0 radical (unpaired) electrons. The number of nitrogens with zero attached hydrogens (tertiary/aromatic N) is 1. The summed E-state index contributed by atoms with van der Waals surface area (Å²) in [6, 6.07) is 4.26. The van der Waals surface area contributed by atoms with E-state index in [0.717, 1.165) is 23.8 Å². The minimum absolute atomic E-state index is 0.0908. The highest BCUT2D eigenvalue weighted by Crippen LogP contribution is 2.23. The van der Waals surface area contributed by atoms with Crippen molar-refractivity contribution in [3.63, 3.8) is 0 Å². The Bertz CT molecular complexity index is 401. The summed E-state index contributed by atoms with van der Waals surface area (Å²) >= 11 is 1.80. The van der Waals surface area contributed by atoms with E-state index >= 15 is 0 Å². The number of benzene rings is 1. The topological polar surface area (TPSA) is 29.3 Å². The van der Waals surface area contributed by atoms with Crippen LogP contribution < -0.4 is 5.73 Å². The molecule has 2 nitrogen and oxygen atoms in total. The molecule has 2 unspecified atom stereocenters. The Morgan fingerprint density at radius 3 is 2.53 bits per heavy atom. The summed E-state index contributed by atoms with van der Waals surface area (Å²) in [7, 11) is 1.98. The summed E-state index contributed by atoms with van der Waals surface area (Å²) in [6.07, 6.45) is 3.11. The zero-order valence-corrected chi connectivity index (χ0v) is 12.5. The second kappa shape index (κ2) is 7.82. The van der Waals surface area contributed by atoms with Crippen LogP contribution >= 0.6 is 11.8 Å². The molecule has 5 heteroatoms. The van der Waals surface area contributed by atoms with Gasteiger partial charge in [0.1, 0.15) is 0 Å². The van der Waals surface area contributed by atoms with Gasteiger partial charge in [0.15, 0.2) is 11.6 Å². The summed E-state index contributed by atoms with van der Waals surface area (Å²) < 4.78 is 26.3. The van der Waals surface area contributed by atoms with Gasteiger partial charge in [-0.05, 0) is 50.1 Å². The lowest BCUT2D eigenvalue weighted by atomic mass is 10.0. The van der Waals surface area contributed by atoms with Gasteiger partial charge in [0.05, 0.1) is 0 Å². The van der Waals surface area contributed by atoms with E-state index in [1.807, 2.05) is 7.05 Å². The first-order valence-electron chi connectivity index (χ1n) is 6.37. The smallest absolute Gasteiger partial charge is 0.159 e. The molecule has 0 saturated carbocycles. The molecule has 0 heterocycles. The normalized spacial score (nSPS) is 14.7. The summed E-state index contributed by atoms with van der Waals surface area (Å²) in [5.74, 6) is -0.570. The van der Waals surface area contributed by atoms with Gasteiger partial charge in [-0.1, -0.05) is 6.07 Å². The number of hydrogen-bond donors (Lipinski definition) is 1. The molecule has 1 aromatic carbocycles. The molecule has 0 saturated heterocycles. The van der Waals surface area contributed by atoms with Gasteiger partial charge in [-0.2, -0.15) is 11.8 Å². The summed E-state index contributed by atoms with van der Waals surface area (Å²) in [5, 5.41) is 0. The monoisotopic (exact) mass is 288 g/mol. The van der Waals surface area contributed by atoms with E-state index in [-0.39, 0.29) is 6.04 Å². The molecule has 0 spiro atoms. The third-order valence-corrected chi connectivity index (χ3v) is 4.12. The average molecular weight is 288 g/mol. The number of rotatable bonds is 7. The Morgan fingerprint density at radius 2 is 2.00 bits per heavy atom. The van der Waals surface area contributed by atoms with Crippen LogP contribution in [-0.4, -0.2) is 36.5 Å². The van der Waals surface area contributed by atoms with Crippen molar-refractivity contribution in [2.24, 2.45) is 5.73 Å². The molecule has 19 heavy (non-hydrogen) atoms. The van der Waals surface area contributed by atoms with Gasteiger partial charge in [0.25, 0.3) is 0 Å². The van der Waals surface area contributed by atoms with Crippen molar-refractivity contribution in [3.05, 3.63) is 35.4 Å². The number of thioether (sulfide) groups is 1. The van der Waals surface area contributed by atoms with Gasteiger partial charge in [0, 0.05) is 18.6 Å². The molecule has 1 rings (SSSR count). The summed E-state index contributed by atoms with van der Waals surface area (Å²) in [5.41, 5.74) is 6.52. The van der Waals surface area contributed by atoms with Crippen molar-refractivity contribution in [1.82, 2.24) is 4.90 Å². The van der Waals surface area contributed by atoms with E-state index in [2.05, 4.69) is 18.1 Å². The molecule has 0 amide bonds. The predicted octanol–water partition coefficient (Wildman–Crippen LogP) is 3.04. The Kier molecular flexibility index (Phi) is 6.75. The van der Waals surface area contributed by atoms with Gasteiger partial charge >= 0.3 is 0 Å². The van der Waals surface area contributed by atoms with Crippen molar-refractivity contribution in [1.29, 1.82) is 0 Å². The fourth-order valence-corrected chi connectivity index (χ4v) is 2.63. The SMILES string of the molecule is CSCCC(C)N(C)C(CN)c1ccc(F)c(F)c1. The molecular weight excluding hydrogens is 266 g/mol. The van der Waals surface area contributed by atoms with Crippen molar-refractivity contribution in [2.45, 2.75) is 25.4 Å². The lowest BCUT2D eigenvalue weighted by Gasteiger charge is -2.32. The van der Waals surface area contributed by atoms with Crippen LogP contribution in [-0.2, 0) is 0 Å². The average Bonchev–Trinajstić information content (AvgIpc) is 2.40. The maximum atomic E-state index is 13.3. The highest BCUT2D eigenvalue weighted by Gasteiger charge is 2.21. The predicted molar refractivity (Wildman–Crippen MR) is 78.4 cm³/mol. The Labute approximate surface area is 118 Å². The minimum Gasteiger partial charge on any atom is -0.329 e. The third kappa shape index (κ3) is 4.44. The second-order valence-corrected chi connectivity index (χ2v) is 5.71. The molecule has 108 valence electrons. The van der Waals surface area contributed by atoms with E-state index in [1.54, 1.807) is 17.8 Å². The first-order valence-corrected chi connectivity index (χ1v) is 7.76. The van der Waals surface area contributed by atoms with Crippen molar-refractivity contribution in [2.75, 3.05) is 25.6 Å². The fourth-order valence-electron chi connectivity index (χ4n) is 2.06. The number of hydrogen-bond acceptors (Lipinski definition) is 3. The van der Waals surface area contributed by atoms with E-state index < -0.39 is 11.6 Å². The van der Waals surface area contributed by atoms with Crippen LogP contribution in [0, 0.1) is 11.6 Å². The second-order valence-electron chi connectivity index (χ2n) is 4.72. The van der Waals surface area contributed by atoms with Crippen molar-refractivity contribution >= 4 is 11.8 Å². The quantitative estimate of drug-likeness (QED) is 0.836. The van der Waals surface area contributed by atoms with E-state index in [1.165, 1.54) is 6.07 Å². The van der Waals surface area contributed by atoms with Crippen LogP contribution in [0.5, 0.6) is 0 Å². The van der Waals surface area contributed by atoms with Crippen LogP contribution in [0.4, 0.5) is 8.78 Å². The third-order valence-electron chi connectivity index (χ3n) is 3.48. The molecule has 0 bridgehead atoms. The van der Waals surface area contributed by atoms with Crippen LogP contribution in [0.1, 0.15) is 24.9 Å². The van der Waals surface area contributed by atoms with Gasteiger partial charge in [0.2, 0.25) is 0 Å². The molecule has 0 aliphatic rings. The zero-order valence-electron chi connectivity index (χ0n) is 11.7. The summed E-state index contributed by atoms with van der Waals surface area (Å²) in [6.45, 7) is 2.50. The number of nitrogens with two attached hydrogens (primary N) is 1. The molecule has 0 aliphatic heterocycles. The highest BCUT2D eigenvalue weighted by molar-refractivity contribution is 7.98. The first kappa shape index (κ1) is 16.4. The lowest BCUT2D eigenvalue weighted by molar-refractivity contribution is 0.185. The summed E-state index contributed by atoms with van der Waals surface area (Å²) in [4.78, 5) is 2.13. The zero-order chi connectivity index (χ0) is 14.4. The maximum Gasteiger partial charge on any atom is 0.159 e. The van der Waals surface area contributed by atoms with Crippen molar-refractivity contribution in [3.8, 4) is 0 Å². The lowest BCUT2D eigenvalue weighted by Crippen LogP contribution is -2.37. The number of likely N-dealkylation sites (N-methyl/N-ethyl adjacent to an activating group) is 1. The van der Waals surface area contributed by atoms with E-state index in [4.69, 9.17) is 5.73 Å². The molecule has 2 N–H and O–H groups in total. The van der Waals surface area contributed by atoms with Crippen molar-refractivity contribution < 1.29 is 8.78 Å². The highest BCUT2D eigenvalue weighted by atomic mass is 32.2. The molecule has 2 atom stereocenters. The maximum absolute atomic E-state index is 13.3. The van der Waals surface area contributed by atoms with Crippen LogP contribution in [0.3, 0.4) is 0 Å². The first-order chi connectivity index (χ1) is 9.01. The van der Waals surface area contributed by atoms with Crippen LogP contribution in [0.15, 0.2) is 18.2 Å².